The van der Waals surface area contributed by atoms with Crippen LogP contribution in [0, 0.1) is 0 Å². The summed E-state index contributed by atoms with van der Waals surface area (Å²) in [5, 5.41) is 10.7. The van der Waals surface area contributed by atoms with Gasteiger partial charge in [0.15, 0.2) is 5.79 Å². The zero-order chi connectivity index (χ0) is 16.7. The van der Waals surface area contributed by atoms with E-state index in [2.05, 4.69) is 4.90 Å². The highest BCUT2D eigenvalue weighted by atomic mass is 35.5. The maximum atomic E-state index is 11.8. The Morgan fingerprint density at radius 3 is 2.58 bits per heavy atom. The Balaban J connectivity index is 1.58. The minimum atomic E-state index is -0.435. The Hall–Kier alpha value is -1.60. The van der Waals surface area contributed by atoms with Gasteiger partial charge in [-0.25, -0.2) is 4.79 Å². The second kappa shape index (κ2) is 6.04. The standard InChI is InChI=1S/C17H18ClNO5/c18-13-8-12-11(7-16(21)24-15(12)9-14(13)20)10-19-3-1-17(2-4-19)22-5-6-23-17/h7-9,20H,1-6,10H2. The maximum Gasteiger partial charge on any atom is 0.336 e. The zero-order valence-corrected chi connectivity index (χ0v) is 13.8. The predicted octanol–water partition coefficient (Wildman–Crippen LogP) is 2.49. The minimum Gasteiger partial charge on any atom is -0.506 e. The van der Waals surface area contributed by atoms with E-state index in [9.17, 15) is 9.90 Å². The van der Waals surface area contributed by atoms with E-state index < -0.39 is 11.4 Å². The molecule has 1 spiro atoms. The van der Waals surface area contributed by atoms with Gasteiger partial charge in [-0.3, -0.25) is 4.90 Å². The van der Waals surface area contributed by atoms with Crippen molar-refractivity contribution >= 4 is 22.6 Å². The number of hydrogen-bond donors (Lipinski definition) is 1. The van der Waals surface area contributed by atoms with Crippen LogP contribution >= 0.6 is 11.6 Å². The van der Waals surface area contributed by atoms with E-state index in [0.29, 0.717) is 25.3 Å². The van der Waals surface area contributed by atoms with Crippen LogP contribution in [0.4, 0.5) is 0 Å². The van der Waals surface area contributed by atoms with E-state index in [1.807, 2.05) is 0 Å². The highest BCUT2D eigenvalue weighted by molar-refractivity contribution is 6.32. The summed E-state index contributed by atoms with van der Waals surface area (Å²) in [5.41, 5.74) is 0.748. The van der Waals surface area contributed by atoms with Gasteiger partial charge in [-0.2, -0.15) is 0 Å². The molecule has 0 amide bonds. The Bertz CT molecular complexity index is 818. The number of nitrogens with zero attached hydrogens (tertiary/aromatic N) is 1. The van der Waals surface area contributed by atoms with Crippen LogP contribution in [-0.2, 0) is 16.0 Å². The van der Waals surface area contributed by atoms with Gasteiger partial charge in [0.25, 0.3) is 0 Å². The molecule has 0 bridgehead atoms. The summed E-state index contributed by atoms with van der Waals surface area (Å²) in [5.74, 6) is -0.511. The van der Waals surface area contributed by atoms with Crippen LogP contribution in [0.5, 0.6) is 5.75 Å². The molecule has 0 aliphatic carbocycles. The van der Waals surface area contributed by atoms with Gasteiger partial charge >= 0.3 is 5.63 Å². The van der Waals surface area contributed by atoms with Gasteiger partial charge < -0.3 is 19.0 Å². The molecule has 0 saturated carbocycles. The van der Waals surface area contributed by atoms with Crippen LogP contribution in [0.15, 0.2) is 27.4 Å². The topological polar surface area (TPSA) is 72.1 Å². The summed E-state index contributed by atoms with van der Waals surface area (Å²) in [4.78, 5) is 14.1. The van der Waals surface area contributed by atoms with E-state index in [4.69, 9.17) is 25.5 Å². The molecule has 3 heterocycles. The minimum absolute atomic E-state index is 0.0973. The molecule has 1 aromatic heterocycles. The monoisotopic (exact) mass is 351 g/mol. The fourth-order valence-corrected chi connectivity index (χ4v) is 3.61. The fraction of sp³-hybridized carbons (Fsp3) is 0.471. The first-order chi connectivity index (χ1) is 11.5. The second-order valence-electron chi connectivity index (χ2n) is 6.27. The third-order valence-electron chi connectivity index (χ3n) is 4.72. The molecule has 6 nitrogen and oxygen atoms in total. The molecule has 2 aliphatic rings. The van der Waals surface area contributed by atoms with Crippen LogP contribution in [0.1, 0.15) is 18.4 Å². The summed E-state index contributed by atoms with van der Waals surface area (Å²) in [6.07, 6.45) is 1.63. The lowest BCUT2D eigenvalue weighted by Gasteiger charge is -2.37. The van der Waals surface area contributed by atoms with Crippen molar-refractivity contribution in [3.8, 4) is 5.75 Å². The number of phenols is 1. The van der Waals surface area contributed by atoms with E-state index in [1.54, 1.807) is 6.07 Å². The average Bonchev–Trinajstić information content (AvgIpc) is 3.00. The molecule has 0 atom stereocenters. The molecule has 1 aromatic carbocycles. The molecule has 0 unspecified atom stereocenters. The Morgan fingerprint density at radius 1 is 1.17 bits per heavy atom. The molecule has 1 N–H and O–H groups in total. The van der Waals surface area contributed by atoms with Crippen molar-refractivity contribution in [3.63, 3.8) is 0 Å². The first-order valence-electron chi connectivity index (χ1n) is 8.00. The molecule has 0 radical (unpaired) electrons. The summed E-state index contributed by atoms with van der Waals surface area (Å²) in [7, 11) is 0. The van der Waals surface area contributed by atoms with Gasteiger partial charge in [0.05, 0.1) is 18.2 Å². The molecular weight excluding hydrogens is 334 g/mol. The number of piperidine rings is 1. The third kappa shape index (κ3) is 2.91. The summed E-state index contributed by atoms with van der Waals surface area (Å²) >= 11 is 6.01. The molecule has 128 valence electrons. The zero-order valence-electron chi connectivity index (χ0n) is 13.1. The van der Waals surface area contributed by atoms with Crippen LogP contribution in [0.2, 0.25) is 5.02 Å². The lowest BCUT2D eigenvalue weighted by molar-refractivity contribution is -0.185. The van der Waals surface area contributed by atoms with E-state index >= 15 is 0 Å². The van der Waals surface area contributed by atoms with E-state index in [-0.39, 0.29) is 10.8 Å². The predicted molar refractivity (Wildman–Crippen MR) is 88.3 cm³/mol. The number of halogens is 1. The first-order valence-corrected chi connectivity index (χ1v) is 8.38. The number of aromatic hydroxyl groups is 1. The Labute approximate surface area is 143 Å². The number of benzene rings is 1. The van der Waals surface area contributed by atoms with E-state index in [1.165, 1.54) is 12.1 Å². The van der Waals surface area contributed by atoms with Crippen molar-refractivity contribution in [3.05, 3.63) is 39.2 Å². The molecule has 2 aliphatic heterocycles. The third-order valence-corrected chi connectivity index (χ3v) is 5.03. The van der Waals surface area contributed by atoms with Crippen molar-refractivity contribution in [2.45, 2.75) is 25.2 Å². The number of fused-ring (bicyclic) bond motifs is 1. The Morgan fingerprint density at radius 2 is 1.88 bits per heavy atom. The van der Waals surface area contributed by atoms with Gasteiger partial charge in [-0.05, 0) is 11.6 Å². The normalized spacial score (nSPS) is 20.9. The molecule has 7 heteroatoms. The van der Waals surface area contributed by atoms with Crippen molar-refractivity contribution < 1.29 is 19.0 Å². The number of rotatable bonds is 2. The van der Waals surface area contributed by atoms with Crippen molar-refractivity contribution in [2.75, 3.05) is 26.3 Å². The Kier molecular flexibility index (Phi) is 4.00. The average molecular weight is 352 g/mol. The van der Waals surface area contributed by atoms with Crippen LogP contribution in [0.3, 0.4) is 0 Å². The number of hydrogen-bond acceptors (Lipinski definition) is 6. The fourth-order valence-electron chi connectivity index (χ4n) is 3.45. The maximum absolute atomic E-state index is 11.8. The molecule has 2 aromatic rings. The van der Waals surface area contributed by atoms with Crippen LogP contribution in [-0.4, -0.2) is 42.1 Å². The largest absolute Gasteiger partial charge is 0.506 e. The van der Waals surface area contributed by atoms with Crippen LogP contribution in [0.25, 0.3) is 11.0 Å². The van der Waals surface area contributed by atoms with Crippen LogP contribution < -0.4 is 5.63 Å². The number of phenolic OH excluding ortho intramolecular Hbond substituents is 1. The SMILES string of the molecule is O=c1cc(CN2CCC3(CC2)OCCO3)c2cc(Cl)c(O)cc2o1. The smallest absolute Gasteiger partial charge is 0.336 e. The lowest BCUT2D eigenvalue weighted by atomic mass is 10.0. The van der Waals surface area contributed by atoms with Gasteiger partial charge in [0.1, 0.15) is 11.3 Å². The number of likely N-dealkylation sites (tertiary alicyclic amines) is 1. The molecule has 2 fully saturated rings. The summed E-state index contributed by atoms with van der Waals surface area (Å²) in [6.45, 7) is 3.58. The molecular formula is C17H18ClNO5. The van der Waals surface area contributed by atoms with Gasteiger partial charge in [-0.15, -0.1) is 0 Å². The van der Waals surface area contributed by atoms with E-state index in [0.717, 1.165) is 36.9 Å². The van der Waals surface area contributed by atoms with Gasteiger partial charge in [0.2, 0.25) is 0 Å². The number of ether oxygens (including phenoxy) is 2. The van der Waals surface area contributed by atoms with Gasteiger partial charge in [0, 0.05) is 50.0 Å². The summed E-state index contributed by atoms with van der Waals surface area (Å²) < 4.78 is 16.6. The van der Waals surface area contributed by atoms with Crippen molar-refractivity contribution in [1.82, 2.24) is 4.90 Å². The van der Waals surface area contributed by atoms with Gasteiger partial charge in [-0.1, -0.05) is 11.6 Å². The lowest BCUT2D eigenvalue weighted by Crippen LogP contribution is -2.44. The highest BCUT2D eigenvalue weighted by Crippen LogP contribution is 2.33. The van der Waals surface area contributed by atoms with Crippen molar-refractivity contribution in [2.24, 2.45) is 0 Å². The second-order valence-corrected chi connectivity index (χ2v) is 6.68. The quantitative estimate of drug-likeness (QED) is 0.838. The molecule has 4 rings (SSSR count). The van der Waals surface area contributed by atoms with Crippen molar-refractivity contribution in [1.29, 1.82) is 0 Å². The molecule has 2 saturated heterocycles. The molecule has 24 heavy (non-hydrogen) atoms. The first kappa shape index (κ1) is 15.9. The highest BCUT2D eigenvalue weighted by Gasteiger charge is 2.39. The summed E-state index contributed by atoms with van der Waals surface area (Å²) in [6, 6.07) is 4.51.